The van der Waals surface area contributed by atoms with Crippen LogP contribution in [0.4, 0.5) is 4.39 Å². The third-order valence-electron chi connectivity index (χ3n) is 3.30. The zero-order valence-corrected chi connectivity index (χ0v) is 10.7. The van der Waals surface area contributed by atoms with Crippen LogP contribution in [-0.4, -0.2) is 7.05 Å². The summed E-state index contributed by atoms with van der Waals surface area (Å²) in [5.41, 5.74) is 1.28. The molecular weight excluding hydrogens is 245 g/mol. The molecule has 3 rings (SSSR count). The average Bonchev–Trinajstić information content (AvgIpc) is 2.99. The average molecular weight is 259 g/mol. The normalized spacial score (nSPS) is 13.0. The van der Waals surface area contributed by atoms with E-state index in [1.54, 1.807) is 12.3 Å². The molecular formula is C15H14FNO2. The van der Waals surface area contributed by atoms with E-state index in [0.29, 0.717) is 11.3 Å². The first-order chi connectivity index (χ1) is 9.20. The molecule has 2 heterocycles. The van der Waals surface area contributed by atoms with Gasteiger partial charge in [0, 0.05) is 10.9 Å². The van der Waals surface area contributed by atoms with Gasteiger partial charge in [0.05, 0.1) is 12.3 Å². The van der Waals surface area contributed by atoms with Crippen LogP contribution in [0.15, 0.2) is 45.4 Å². The third-order valence-corrected chi connectivity index (χ3v) is 3.30. The van der Waals surface area contributed by atoms with Crippen molar-refractivity contribution in [3.05, 3.63) is 59.5 Å². The Hall–Kier alpha value is -2.07. The van der Waals surface area contributed by atoms with Crippen LogP contribution in [0.2, 0.25) is 0 Å². The van der Waals surface area contributed by atoms with Crippen LogP contribution >= 0.6 is 0 Å². The highest BCUT2D eigenvalue weighted by Gasteiger charge is 2.21. The van der Waals surface area contributed by atoms with E-state index >= 15 is 0 Å². The van der Waals surface area contributed by atoms with Crippen molar-refractivity contribution in [2.24, 2.45) is 0 Å². The molecule has 0 amide bonds. The van der Waals surface area contributed by atoms with Crippen LogP contribution in [0, 0.1) is 12.7 Å². The smallest absolute Gasteiger partial charge is 0.169 e. The van der Waals surface area contributed by atoms with Gasteiger partial charge in [-0.1, -0.05) is 12.1 Å². The van der Waals surface area contributed by atoms with Gasteiger partial charge in [-0.25, -0.2) is 4.39 Å². The Labute approximate surface area is 110 Å². The molecule has 1 aromatic carbocycles. The lowest BCUT2D eigenvalue weighted by Gasteiger charge is -2.12. The molecule has 1 N–H and O–H groups in total. The maximum Gasteiger partial charge on any atom is 0.169 e. The summed E-state index contributed by atoms with van der Waals surface area (Å²) in [6.45, 7) is 1.89. The summed E-state index contributed by atoms with van der Waals surface area (Å²) in [4.78, 5) is 0. The number of rotatable bonds is 3. The predicted octanol–water partition coefficient (Wildman–Crippen LogP) is 3.78. The molecule has 4 heteroatoms. The van der Waals surface area contributed by atoms with Crippen LogP contribution < -0.4 is 5.32 Å². The number of fused-ring (bicyclic) bond motifs is 1. The SMILES string of the molecule is CNC(c1cc2cccc(F)c2o1)c1ccoc1C. The number of hydrogen-bond acceptors (Lipinski definition) is 3. The van der Waals surface area contributed by atoms with Crippen LogP contribution in [0.5, 0.6) is 0 Å². The van der Waals surface area contributed by atoms with Gasteiger partial charge in [0.2, 0.25) is 0 Å². The zero-order valence-electron chi connectivity index (χ0n) is 10.7. The first kappa shape index (κ1) is 12.0. The van der Waals surface area contributed by atoms with Crippen LogP contribution in [0.3, 0.4) is 0 Å². The Morgan fingerprint density at radius 3 is 2.74 bits per heavy atom. The molecule has 0 saturated heterocycles. The predicted molar refractivity (Wildman–Crippen MR) is 70.5 cm³/mol. The Kier molecular flexibility index (Phi) is 2.87. The molecule has 1 unspecified atom stereocenters. The zero-order chi connectivity index (χ0) is 13.4. The van der Waals surface area contributed by atoms with Crippen LogP contribution in [-0.2, 0) is 0 Å². The lowest BCUT2D eigenvalue weighted by atomic mass is 10.1. The first-order valence-electron chi connectivity index (χ1n) is 6.10. The van der Waals surface area contributed by atoms with Crippen molar-refractivity contribution in [2.75, 3.05) is 7.05 Å². The first-order valence-corrected chi connectivity index (χ1v) is 6.10. The molecule has 19 heavy (non-hydrogen) atoms. The maximum absolute atomic E-state index is 13.7. The maximum atomic E-state index is 13.7. The monoisotopic (exact) mass is 259 g/mol. The van der Waals surface area contributed by atoms with Crippen molar-refractivity contribution in [2.45, 2.75) is 13.0 Å². The molecule has 0 aliphatic heterocycles. The number of aryl methyl sites for hydroxylation is 1. The van der Waals surface area contributed by atoms with E-state index in [9.17, 15) is 4.39 Å². The van der Waals surface area contributed by atoms with Gasteiger partial charge < -0.3 is 14.2 Å². The van der Waals surface area contributed by atoms with Crippen molar-refractivity contribution in [3.63, 3.8) is 0 Å². The topological polar surface area (TPSA) is 38.3 Å². The van der Waals surface area contributed by atoms with Gasteiger partial charge in [-0.2, -0.15) is 0 Å². The molecule has 3 aromatic rings. The summed E-state index contributed by atoms with van der Waals surface area (Å²) < 4.78 is 24.6. The van der Waals surface area contributed by atoms with Crippen molar-refractivity contribution in [1.82, 2.24) is 5.32 Å². The van der Waals surface area contributed by atoms with E-state index in [1.807, 2.05) is 32.2 Å². The van der Waals surface area contributed by atoms with Crippen molar-refractivity contribution >= 4 is 11.0 Å². The number of benzene rings is 1. The molecule has 0 spiro atoms. The summed E-state index contributed by atoms with van der Waals surface area (Å²) >= 11 is 0. The second kappa shape index (κ2) is 4.55. The lowest BCUT2D eigenvalue weighted by molar-refractivity contribution is 0.467. The van der Waals surface area contributed by atoms with Crippen molar-refractivity contribution < 1.29 is 13.2 Å². The number of nitrogens with one attached hydrogen (secondary N) is 1. The Bertz CT molecular complexity index is 714. The largest absolute Gasteiger partial charge is 0.469 e. The van der Waals surface area contributed by atoms with E-state index in [0.717, 1.165) is 16.7 Å². The van der Waals surface area contributed by atoms with Gasteiger partial charge in [0.25, 0.3) is 0 Å². The standard InChI is InChI=1S/C15H14FNO2/c1-9-11(6-7-18-9)14(17-2)13-8-10-4-3-5-12(16)15(10)19-13/h3-8,14,17H,1-2H3. The summed E-state index contributed by atoms with van der Waals surface area (Å²) in [6.07, 6.45) is 1.64. The van der Waals surface area contributed by atoms with Crippen LogP contribution in [0.1, 0.15) is 23.1 Å². The fraction of sp³-hybridized carbons (Fsp3) is 0.200. The van der Waals surface area contributed by atoms with Gasteiger partial charge in [0.15, 0.2) is 11.4 Å². The summed E-state index contributed by atoms with van der Waals surface area (Å²) in [5, 5.41) is 3.93. The molecule has 0 aliphatic rings. The number of hydrogen-bond donors (Lipinski definition) is 1. The van der Waals surface area contributed by atoms with Gasteiger partial charge in [-0.05, 0) is 32.2 Å². The number of furan rings is 2. The second-order valence-electron chi connectivity index (χ2n) is 4.46. The highest BCUT2D eigenvalue weighted by molar-refractivity contribution is 5.78. The molecule has 98 valence electrons. The minimum absolute atomic E-state index is 0.148. The molecule has 3 nitrogen and oxygen atoms in total. The molecule has 0 bridgehead atoms. The van der Waals surface area contributed by atoms with Gasteiger partial charge in [0.1, 0.15) is 11.5 Å². The van der Waals surface area contributed by atoms with E-state index in [-0.39, 0.29) is 11.9 Å². The molecule has 2 aromatic heterocycles. The Balaban J connectivity index is 2.12. The van der Waals surface area contributed by atoms with Gasteiger partial charge in [-0.15, -0.1) is 0 Å². The minimum atomic E-state index is -0.345. The van der Waals surface area contributed by atoms with Crippen LogP contribution in [0.25, 0.3) is 11.0 Å². The highest BCUT2D eigenvalue weighted by atomic mass is 19.1. The number of halogens is 1. The fourth-order valence-corrected chi connectivity index (χ4v) is 2.33. The van der Waals surface area contributed by atoms with Gasteiger partial charge >= 0.3 is 0 Å². The molecule has 0 radical (unpaired) electrons. The second-order valence-corrected chi connectivity index (χ2v) is 4.46. The number of para-hydroxylation sites is 1. The minimum Gasteiger partial charge on any atom is -0.469 e. The fourth-order valence-electron chi connectivity index (χ4n) is 2.33. The Morgan fingerprint density at radius 2 is 2.11 bits per heavy atom. The molecule has 0 aliphatic carbocycles. The quantitative estimate of drug-likeness (QED) is 0.777. The lowest BCUT2D eigenvalue weighted by Crippen LogP contribution is -2.17. The van der Waals surface area contributed by atoms with E-state index in [2.05, 4.69) is 5.32 Å². The Morgan fingerprint density at radius 1 is 1.26 bits per heavy atom. The summed E-state index contributed by atoms with van der Waals surface area (Å²) in [7, 11) is 1.83. The van der Waals surface area contributed by atoms with E-state index in [1.165, 1.54) is 6.07 Å². The third kappa shape index (κ3) is 1.94. The van der Waals surface area contributed by atoms with Crippen molar-refractivity contribution in [1.29, 1.82) is 0 Å². The summed E-state index contributed by atoms with van der Waals surface area (Å²) in [5.74, 6) is 1.15. The highest BCUT2D eigenvalue weighted by Crippen LogP contribution is 2.31. The molecule has 0 fully saturated rings. The van der Waals surface area contributed by atoms with E-state index < -0.39 is 0 Å². The molecule has 0 saturated carbocycles. The van der Waals surface area contributed by atoms with E-state index in [4.69, 9.17) is 8.83 Å². The van der Waals surface area contributed by atoms with Gasteiger partial charge in [-0.3, -0.25) is 0 Å². The van der Waals surface area contributed by atoms with Crippen molar-refractivity contribution in [3.8, 4) is 0 Å². The summed E-state index contributed by atoms with van der Waals surface area (Å²) in [6, 6.07) is 8.50. The molecule has 1 atom stereocenters.